The number of nitrogens with two attached hydrogens (primary N) is 1. The molecule has 0 bridgehead atoms. The Morgan fingerprint density at radius 1 is 1.58 bits per heavy atom. The average Bonchev–Trinajstić information content (AvgIpc) is 2.55. The third kappa shape index (κ3) is 2.05. The maximum atomic E-state index is 5.63. The van der Waals surface area contributed by atoms with Crippen molar-refractivity contribution in [1.29, 1.82) is 0 Å². The molecule has 1 atom stereocenters. The summed E-state index contributed by atoms with van der Waals surface area (Å²) < 4.78 is 0. The molecule has 1 heterocycles. The van der Waals surface area contributed by atoms with Crippen LogP contribution in [0.2, 0.25) is 0 Å². The van der Waals surface area contributed by atoms with Crippen molar-refractivity contribution in [3.63, 3.8) is 0 Å². The zero-order chi connectivity index (χ0) is 8.97. The Bertz CT molecular complexity index is 228. The van der Waals surface area contributed by atoms with Crippen LogP contribution in [-0.4, -0.2) is 11.5 Å². The fourth-order valence-corrected chi connectivity index (χ4v) is 2.22. The number of nitrogens with zero attached hydrogens (tertiary/aromatic N) is 1. The summed E-state index contributed by atoms with van der Waals surface area (Å²) in [6, 6.07) is 0. The van der Waals surface area contributed by atoms with E-state index in [2.05, 4.69) is 24.2 Å². The van der Waals surface area contributed by atoms with Gasteiger partial charge in [0.05, 0.1) is 10.7 Å². The summed E-state index contributed by atoms with van der Waals surface area (Å²) in [6.45, 7) is 5.00. The molecule has 0 fully saturated rings. The molecule has 68 valence electrons. The lowest BCUT2D eigenvalue weighted by Crippen LogP contribution is -2.11. The van der Waals surface area contributed by atoms with Gasteiger partial charge >= 0.3 is 0 Å². The van der Waals surface area contributed by atoms with Gasteiger partial charge in [-0.3, -0.25) is 0 Å². The van der Waals surface area contributed by atoms with Crippen molar-refractivity contribution in [2.45, 2.75) is 32.6 Å². The minimum absolute atomic E-state index is 0.468. The third-order valence-electron chi connectivity index (χ3n) is 2.06. The van der Waals surface area contributed by atoms with Crippen LogP contribution >= 0.6 is 11.3 Å². The molecule has 1 aromatic rings. The second-order valence-electron chi connectivity index (χ2n) is 2.87. The number of hydrogen-bond donors (Lipinski definition) is 1. The molecule has 0 aliphatic carbocycles. The second-order valence-corrected chi connectivity index (χ2v) is 3.76. The van der Waals surface area contributed by atoms with E-state index in [1.165, 1.54) is 10.7 Å². The van der Waals surface area contributed by atoms with E-state index < -0.39 is 0 Å². The minimum Gasteiger partial charge on any atom is -0.330 e. The van der Waals surface area contributed by atoms with Crippen molar-refractivity contribution in [2.24, 2.45) is 5.73 Å². The van der Waals surface area contributed by atoms with Crippen LogP contribution in [0.1, 0.15) is 36.9 Å². The Labute approximate surface area is 77.8 Å². The summed E-state index contributed by atoms with van der Waals surface area (Å²) in [5, 5.41) is 3.34. The highest BCUT2D eigenvalue weighted by Gasteiger charge is 2.10. The second kappa shape index (κ2) is 4.58. The quantitative estimate of drug-likeness (QED) is 0.778. The van der Waals surface area contributed by atoms with Crippen LogP contribution in [0.4, 0.5) is 0 Å². The molecule has 0 saturated carbocycles. The summed E-state index contributed by atoms with van der Waals surface area (Å²) in [4.78, 5) is 4.51. The highest BCUT2D eigenvalue weighted by atomic mass is 32.1. The molecule has 12 heavy (non-hydrogen) atoms. The van der Waals surface area contributed by atoms with E-state index in [1.807, 2.05) is 0 Å². The predicted molar refractivity (Wildman–Crippen MR) is 53.6 cm³/mol. The molecule has 0 saturated heterocycles. The largest absolute Gasteiger partial charge is 0.330 e. The molecule has 3 heteroatoms. The van der Waals surface area contributed by atoms with Crippen molar-refractivity contribution >= 4 is 11.3 Å². The van der Waals surface area contributed by atoms with Crippen LogP contribution in [-0.2, 0) is 6.42 Å². The first-order chi connectivity index (χ1) is 5.81. The SMILES string of the molecule is CCc1csc(C(CC)CN)n1. The summed E-state index contributed by atoms with van der Waals surface area (Å²) in [5.74, 6) is 0.468. The highest BCUT2D eigenvalue weighted by molar-refractivity contribution is 7.09. The van der Waals surface area contributed by atoms with Crippen molar-refractivity contribution in [3.05, 3.63) is 16.1 Å². The van der Waals surface area contributed by atoms with Crippen molar-refractivity contribution in [2.75, 3.05) is 6.54 Å². The molecule has 0 aliphatic rings. The van der Waals surface area contributed by atoms with E-state index in [9.17, 15) is 0 Å². The predicted octanol–water partition coefficient (Wildman–Crippen LogP) is 2.16. The molecule has 0 spiro atoms. The number of hydrogen-bond acceptors (Lipinski definition) is 3. The topological polar surface area (TPSA) is 38.9 Å². The molecule has 0 aliphatic heterocycles. The summed E-state index contributed by atoms with van der Waals surface area (Å²) in [5.41, 5.74) is 6.83. The highest BCUT2D eigenvalue weighted by Crippen LogP contribution is 2.22. The Kier molecular flexibility index (Phi) is 3.69. The van der Waals surface area contributed by atoms with Gasteiger partial charge in [-0.25, -0.2) is 4.98 Å². The number of rotatable bonds is 4. The normalized spacial score (nSPS) is 13.2. The molecular formula is C9H16N2S. The van der Waals surface area contributed by atoms with Crippen LogP contribution in [0, 0.1) is 0 Å². The van der Waals surface area contributed by atoms with Crippen LogP contribution in [0.15, 0.2) is 5.38 Å². The van der Waals surface area contributed by atoms with E-state index in [0.717, 1.165) is 12.8 Å². The van der Waals surface area contributed by atoms with Gasteiger partial charge in [-0.1, -0.05) is 13.8 Å². The standard InChI is InChI=1S/C9H16N2S/c1-3-7(5-10)9-11-8(4-2)6-12-9/h6-7H,3-5,10H2,1-2H3. The molecule has 0 amide bonds. The summed E-state index contributed by atoms with van der Waals surface area (Å²) in [7, 11) is 0. The molecule has 1 aromatic heterocycles. The Hall–Kier alpha value is -0.410. The van der Waals surface area contributed by atoms with Crippen LogP contribution < -0.4 is 5.73 Å². The van der Waals surface area contributed by atoms with Gasteiger partial charge in [-0.15, -0.1) is 11.3 Å². The first kappa shape index (κ1) is 9.68. The van der Waals surface area contributed by atoms with Gasteiger partial charge < -0.3 is 5.73 Å². The Balaban J connectivity index is 2.72. The number of aromatic nitrogens is 1. The first-order valence-electron chi connectivity index (χ1n) is 4.46. The van der Waals surface area contributed by atoms with Crippen molar-refractivity contribution in [1.82, 2.24) is 4.98 Å². The van der Waals surface area contributed by atoms with E-state index in [4.69, 9.17) is 5.73 Å². The smallest absolute Gasteiger partial charge is 0.0971 e. The summed E-state index contributed by atoms with van der Waals surface area (Å²) >= 11 is 1.74. The van der Waals surface area contributed by atoms with Crippen molar-refractivity contribution < 1.29 is 0 Å². The molecule has 1 rings (SSSR count). The molecule has 2 N–H and O–H groups in total. The van der Waals surface area contributed by atoms with Gasteiger partial charge in [0.1, 0.15) is 0 Å². The van der Waals surface area contributed by atoms with Gasteiger partial charge in [0, 0.05) is 17.8 Å². The lowest BCUT2D eigenvalue weighted by atomic mass is 10.1. The zero-order valence-corrected chi connectivity index (χ0v) is 8.53. The number of thiazole rings is 1. The lowest BCUT2D eigenvalue weighted by Gasteiger charge is -2.06. The molecular weight excluding hydrogens is 168 g/mol. The van der Waals surface area contributed by atoms with E-state index in [-0.39, 0.29) is 0 Å². The van der Waals surface area contributed by atoms with Gasteiger partial charge in [-0.05, 0) is 12.8 Å². The maximum absolute atomic E-state index is 5.63. The van der Waals surface area contributed by atoms with Crippen LogP contribution in [0.25, 0.3) is 0 Å². The van der Waals surface area contributed by atoms with Crippen LogP contribution in [0.5, 0.6) is 0 Å². The van der Waals surface area contributed by atoms with Gasteiger partial charge in [0.2, 0.25) is 0 Å². The van der Waals surface area contributed by atoms with Crippen LogP contribution in [0.3, 0.4) is 0 Å². The minimum atomic E-state index is 0.468. The van der Waals surface area contributed by atoms with E-state index >= 15 is 0 Å². The average molecular weight is 184 g/mol. The Morgan fingerprint density at radius 2 is 2.33 bits per heavy atom. The van der Waals surface area contributed by atoms with Gasteiger partial charge in [0.15, 0.2) is 0 Å². The molecule has 0 aromatic carbocycles. The third-order valence-corrected chi connectivity index (χ3v) is 3.11. The lowest BCUT2D eigenvalue weighted by molar-refractivity contribution is 0.666. The monoisotopic (exact) mass is 184 g/mol. The van der Waals surface area contributed by atoms with E-state index in [1.54, 1.807) is 11.3 Å². The molecule has 2 nitrogen and oxygen atoms in total. The molecule has 0 radical (unpaired) electrons. The van der Waals surface area contributed by atoms with Crippen molar-refractivity contribution in [3.8, 4) is 0 Å². The first-order valence-corrected chi connectivity index (χ1v) is 5.34. The Morgan fingerprint density at radius 3 is 2.75 bits per heavy atom. The summed E-state index contributed by atoms with van der Waals surface area (Å²) in [6.07, 6.45) is 2.12. The van der Waals surface area contributed by atoms with Gasteiger partial charge in [0.25, 0.3) is 0 Å². The van der Waals surface area contributed by atoms with Gasteiger partial charge in [-0.2, -0.15) is 0 Å². The zero-order valence-electron chi connectivity index (χ0n) is 7.71. The molecule has 1 unspecified atom stereocenters. The number of aryl methyl sites for hydroxylation is 1. The fourth-order valence-electron chi connectivity index (χ4n) is 1.11. The fraction of sp³-hybridized carbons (Fsp3) is 0.667. The van der Waals surface area contributed by atoms with E-state index in [0.29, 0.717) is 12.5 Å². The maximum Gasteiger partial charge on any atom is 0.0971 e.